The van der Waals surface area contributed by atoms with Crippen LogP contribution in [0.2, 0.25) is 0 Å². The molecule has 4 bridgehead atoms. The second-order valence-electron chi connectivity index (χ2n) is 9.02. The van der Waals surface area contributed by atoms with Crippen molar-refractivity contribution in [1.82, 2.24) is 0 Å². The highest BCUT2D eigenvalue weighted by Gasteiger charge is 2.62. The van der Waals surface area contributed by atoms with E-state index in [-0.39, 0.29) is 0 Å². The van der Waals surface area contributed by atoms with Crippen LogP contribution in [0.25, 0.3) is 0 Å². The first-order chi connectivity index (χ1) is 11.6. The number of esters is 2. The first-order valence-electron chi connectivity index (χ1n) is 9.22. The Hall–Kier alpha value is -1.59. The number of carboxylic acids is 1. The number of rotatable bonds is 6. The second kappa shape index (κ2) is 5.99. The van der Waals surface area contributed by atoms with Gasteiger partial charge in [0.05, 0.1) is 10.8 Å². The molecule has 1 N–H and O–H groups in total. The van der Waals surface area contributed by atoms with Crippen molar-refractivity contribution in [1.29, 1.82) is 0 Å². The van der Waals surface area contributed by atoms with Crippen molar-refractivity contribution in [3.05, 3.63) is 0 Å². The summed E-state index contributed by atoms with van der Waals surface area (Å²) in [6, 6.07) is 0. The lowest BCUT2D eigenvalue weighted by Gasteiger charge is -2.59. The normalized spacial score (nSPS) is 36.1. The predicted octanol–water partition coefficient (Wildman–Crippen LogP) is 2.93. The number of hydrogen-bond donors (Lipinski definition) is 1. The molecule has 0 spiro atoms. The van der Waals surface area contributed by atoms with Crippen molar-refractivity contribution < 1.29 is 29.0 Å². The van der Waals surface area contributed by atoms with E-state index in [0.29, 0.717) is 37.5 Å². The number of ether oxygens (including phenoxy) is 2. The zero-order valence-electron chi connectivity index (χ0n) is 15.3. The van der Waals surface area contributed by atoms with Crippen molar-refractivity contribution >= 4 is 17.9 Å². The number of aliphatic carboxylic acids is 1. The van der Waals surface area contributed by atoms with Crippen LogP contribution in [-0.4, -0.2) is 35.2 Å². The Kier molecular flexibility index (Phi) is 4.36. The van der Waals surface area contributed by atoms with Crippen molar-refractivity contribution in [2.24, 2.45) is 22.7 Å². The molecular formula is C19H28O6. The third-order valence-corrected chi connectivity index (χ3v) is 6.55. The van der Waals surface area contributed by atoms with Gasteiger partial charge in [0.25, 0.3) is 0 Å². The lowest BCUT2D eigenvalue weighted by Crippen LogP contribution is -2.59. The quantitative estimate of drug-likeness (QED) is 0.739. The Morgan fingerprint density at radius 3 is 2.24 bits per heavy atom. The summed E-state index contributed by atoms with van der Waals surface area (Å²) in [5.74, 6) is -1.13. The highest BCUT2D eigenvalue weighted by Crippen LogP contribution is 2.62. The Labute approximate surface area is 148 Å². The van der Waals surface area contributed by atoms with E-state index in [9.17, 15) is 19.5 Å². The summed E-state index contributed by atoms with van der Waals surface area (Å²) in [4.78, 5) is 36.1. The van der Waals surface area contributed by atoms with E-state index >= 15 is 0 Å². The van der Waals surface area contributed by atoms with Gasteiger partial charge in [-0.3, -0.25) is 9.59 Å². The van der Waals surface area contributed by atoms with E-state index in [0.717, 1.165) is 19.3 Å². The number of hydrogen-bond acceptors (Lipinski definition) is 5. The van der Waals surface area contributed by atoms with E-state index in [1.807, 2.05) is 6.92 Å². The zero-order valence-corrected chi connectivity index (χ0v) is 15.3. The minimum atomic E-state index is -0.766. The third-order valence-electron chi connectivity index (χ3n) is 6.55. The van der Waals surface area contributed by atoms with Crippen LogP contribution in [0.3, 0.4) is 0 Å². The molecule has 0 aliphatic heterocycles. The third kappa shape index (κ3) is 3.27. The summed E-state index contributed by atoms with van der Waals surface area (Å²) in [6.45, 7) is 5.03. The topological polar surface area (TPSA) is 89.9 Å². The molecule has 0 aromatic heterocycles. The molecule has 4 fully saturated rings. The Morgan fingerprint density at radius 1 is 1.12 bits per heavy atom. The van der Waals surface area contributed by atoms with E-state index < -0.39 is 40.9 Å². The van der Waals surface area contributed by atoms with Gasteiger partial charge in [0.1, 0.15) is 5.60 Å². The van der Waals surface area contributed by atoms with Crippen molar-refractivity contribution in [2.45, 2.75) is 71.3 Å². The van der Waals surface area contributed by atoms with Crippen molar-refractivity contribution in [2.75, 3.05) is 6.61 Å². The molecule has 2 atom stereocenters. The molecule has 0 heterocycles. The molecule has 0 radical (unpaired) electrons. The second-order valence-corrected chi connectivity index (χ2v) is 9.02. The molecule has 0 aromatic carbocycles. The Bertz CT molecular complexity index is 579. The first-order valence-corrected chi connectivity index (χ1v) is 9.22. The predicted molar refractivity (Wildman–Crippen MR) is 88.6 cm³/mol. The molecule has 4 aliphatic carbocycles. The molecule has 0 amide bonds. The summed E-state index contributed by atoms with van der Waals surface area (Å²) in [6.07, 6.45) is 4.90. The standard InChI is InChI=1S/C19H28O6/c1-4-17(2,3)16(23)24-10-14(20)25-19-8-12-5-13(9-19)7-18(6-12,11-19)15(21)22/h12-13H,4-11H2,1-3H3,(H,21,22). The summed E-state index contributed by atoms with van der Waals surface area (Å²) in [5, 5.41) is 9.71. The van der Waals surface area contributed by atoms with Gasteiger partial charge in [-0.1, -0.05) is 6.92 Å². The molecule has 4 aliphatic rings. The van der Waals surface area contributed by atoms with Crippen molar-refractivity contribution in [3.8, 4) is 0 Å². The minimum Gasteiger partial charge on any atom is -0.481 e. The average molecular weight is 352 g/mol. The van der Waals surface area contributed by atoms with E-state index in [2.05, 4.69) is 0 Å². The van der Waals surface area contributed by atoms with Crippen LogP contribution in [0.5, 0.6) is 0 Å². The van der Waals surface area contributed by atoms with Crippen LogP contribution in [0.4, 0.5) is 0 Å². The van der Waals surface area contributed by atoms with E-state index in [4.69, 9.17) is 9.47 Å². The highest BCUT2D eigenvalue weighted by molar-refractivity contribution is 5.80. The lowest BCUT2D eigenvalue weighted by atomic mass is 9.48. The maximum absolute atomic E-state index is 12.3. The van der Waals surface area contributed by atoms with Crippen LogP contribution in [-0.2, 0) is 23.9 Å². The van der Waals surface area contributed by atoms with Gasteiger partial charge in [-0.25, -0.2) is 4.79 Å². The van der Waals surface area contributed by atoms with Crippen LogP contribution in [0.15, 0.2) is 0 Å². The smallest absolute Gasteiger partial charge is 0.344 e. The Morgan fingerprint density at radius 2 is 1.72 bits per heavy atom. The fourth-order valence-corrected chi connectivity index (χ4v) is 5.28. The van der Waals surface area contributed by atoms with Gasteiger partial charge in [0.15, 0.2) is 6.61 Å². The molecule has 25 heavy (non-hydrogen) atoms. The number of carbonyl (C=O) groups is 3. The van der Waals surface area contributed by atoms with Gasteiger partial charge in [-0.15, -0.1) is 0 Å². The summed E-state index contributed by atoms with van der Waals surface area (Å²) >= 11 is 0. The summed E-state index contributed by atoms with van der Waals surface area (Å²) < 4.78 is 10.9. The Balaban J connectivity index is 1.63. The largest absolute Gasteiger partial charge is 0.481 e. The fourth-order valence-electron chi connectivity index (χ4n) is 5.28. The number of carbonyl (C=O) groups excluding carboxylic acids is 2. The van der Waals surface area contributed by atoms with Gasteiger partial charge in [0, 0.05) is 6.42 Å². The van der Waals surface area contributed by atoms with Gasteiger partial charge in [0.2, 0.25) is 0 Å². The van der Waals surface area contributed by atoms with Gasteiger partial charge < -0.3 is 14.6 Å². The van der Waals surface area contributed by atoms with Crippen LogP contribution >= 0.6 is 0 Å². The monoisotopic (exact) mass is 352 g/mol. The SMILES string of the molecule is CCC(C)(C)C(=O)OCC(=O)OC12CC3CC(C1)CC(C(=O)O)(C3)C2. The molecule has 140 valence electrons. The minimum absolute atomic E-state index is 0.312. The maximum atomic E-state index is 12.3. The van der Waals surface area contributed by atoms with Crippen LogP contribution < -0.4 is 0 Å². The molecule has 6 nitrogen and oxygen atoms in total. The van der Waals surface area contributed by atoms with Crippen LogP contribution in [0.1, 0.15) is 65.7 Å². The van der Waals surface area contributed by atoms with Crippen LogP contribution in [0, 0.1) is 22.7 Å². The van der Waals surface area contributed by atoms with E-state index in [1.165, 1.54) is 0 Å². The summed E-state index contributed by atoms with van der Waals surface area (Å²) in [5.41, 5.74) is -2.06. The molecule has 0 aromatic rings. The molecule has 2 unspecified atom stereocenters. The average Bonchev–Trinajstić information content (AvgIpc) is 2.50. The van der Waals surface area contributed by atoms with Gasteiger partial charge in [-0.2, -0.15) is 0 Å². The van der Waals surface area contributed by atoms with Gasteiger partial charge >= 0.3 is 17.9 Å². The zero-order chi connectivity index (χ0) is 18.5. The molecule has 4 rings (SSSR count). The first kappa shape index (κ1) is 18.2. The van der Waals surface area contributed by atoms with Crippen molar-refractivity contribution in [3.63, 3.8) is 0 Å². The van der Waals surface area contributed by atoms with Gasteiger partial charge in [-0.05, 0) is 64.2 Å². The number of carboxylic acid groups (broad SMARTS) is 1. The maximum Gasteiger partial charge on any atom is 0.344 e. The fraction of sp³-hybridized carbons (Fsp3) is 0.842. The molecule has 4 saturated carbocycles. The highest BCUT2D eigenvalue weighted by atomic mass is 16.6. The lowest BCUT2D eigenvalue weighted by molar-refractivity contribution is -0.213. The molecule has 0 saturated heterocycles. The molecule has 6 heteroatoms. The summed E-state index contributed by atoms with van der Waals surface area (Å²) in [7, 11) is 0. The molecular weight excluding hydrogens is 324 g/mol. The van der Waals surface area contributed by atoms with E-state index in [1.54, 1.807) is 13.8 Å².